The van der Waals surface area contributed by atoms with Crippen molar-refractivity contribution in [3.05, 3.63) is 63.0 Å². The number of ether oxygens (including phenoxy) is 1. The largest absolute Gasteiger partial charge is 0.488 e. The molecule has 2 aromatic carbocycles. The van der Waals surface area contributed by atoms with Gasteiger partial charge in [0.05, 0.1) is 3.57 Å². The molecule has 0 saturated heterocycles. The number of nitrogens with one attached hydrogen (secondary N) is 1. The second-order valence-electron chi connectivity index (χ2n) is 4.00. The first-order chi connectivity index (χ1) is 9.61. The smallest absolute Gasteiger partial charge is 0.265 e. The molecule has 0 atom stereocenters. The highest BCUT2D eigenvalue weighted by Crippen LogP contribution is 2.23. The number of hydrazine groups is 1. The minimum absolute atomic E-state index is 0.130. The third-order valence-corrected chi connectivity index (χ3v) is 3.51. The molecule has 0 bridgehead atoms. The van der Waals surface area contributed by atoms with Crippen molar-refractivity contribution in [2.75, 3.05) is 0 Å². The van der Waals surface area contributed by atoms with E-state index in [0.717, 1.165) is 3.57 Å². The summed E-state index contributed by atoms with van der Waals surface area (Å²) in [6.07, 6.45) is 0. The van der Waals surface area contributed by atoms with E-state index in [0.29, 0.717) is 16.9 Å². The Morgan fingerprint density at radius 2 is 2.05 bits per heavy atom. The zero-order valence-corrected chi connectivity index (χ0v) is 12.6. The maximum atomic E-state index is 13.5. The fourth-order valence-electron chi connectivity index (χ4n) is 1.61. The molecule has 6 heteroatoms. The molecule has 1 amide bonds. The molecule has 0 radical (unpaired) electrons. The molecular weight excluding hydrogens is 374 g/mol. The van der Waals surface area contributed by atoms with Crippen LogP contribution < -0.4 is 16.0 Å². The van der Waals surface area contributed by atoms with Crippen molar-refractivity contribution >= 4 is 28.5 Å². The van der Waals surface area contributed by atoms with Gasteiger partial charge in [-0.15, -0.1) is 0 Å². The maximum Gasteiger partial charge on any atom is 0.265 e. The molecule has 0 aromatic heterocycles. The first-order valence-electron chi connectivity index (χ1n) is 5.78. The van der Waals surface area contributed by atoms with Gasteiger partial charge in [0.1, 0.15) is 18.2 Å². The molecule has 0 spiro atoms. The second-order valence-corrected chi connectivity index (χ2v) is 5.16. The SMILES string of the molecule is NNC(=O)c1ccc(OCc2ccccc2F)c(I)c1. The van der Waals surface area contributed by atoms with Gasteiger partial charge < -0.3 is 4.74 Å². The Balaban J connectivity index is 2.11. The lowest BCUT2D eigenvalue weighted by Gasteiger charge is -2.10. The summed E-state index contributed by atoms with van der Waals surface area (Å²) in [7, 11) is 0. The average molecular weight is 386 g/mol. The van der Waals surface area contributed by atoms with Crippen LogP contribution in [0.5, 0.6) is 5.75 Å². The molecule has 2 aromatic rings. The van der Waals surface area contributed by atoms with Gasteiger partial charge in [-0.2, -0.15) is 0 Å². The van der Waals surface area contributed by atoms with E-state index in [2.05, 4.69) is 5.43 Å². The predicted molar refractivity (Wildman–Crippen MR) is 81.5 cm³/mol. The summed E-state index contributed by atoms with van der Waals surface area (Å²) in [5.41, 5.74) is 2.98. The van der Waals surface area contributed by atoms with Crippen molar-refractivity contribution in [1.29, 1.82) is 0 Å². The molecule has 0 aliphatic rings. The molecule has 0 fully saturated rings. The fourth-order valence-corrected chi connectivity index (χ4v) is 2.28. The van der Waals surface area contributed by atoms with Crippen LogP contribution >= 0.6 is 22.6 Å². The van der Waals surface area contributed by atoms with Gasteiger partial charge in [-0.05, 0) is 46.9 Å². The van der Waals surface area contributed by atoms with E-state index < -0.39 is 0 Å². The van der Waals surface area contributed by atoms with Gasteiger partial charge >= 0.3 is 0 Å². The van der Waals surface area contributed by atoms with Gasteiger partial charge in [0.2, 0.25) is 0 Å². The van der Waals surface area contributed by atoms with E-state index in [1.165, 1.54) is 6.07 Å². The van der Waals surface area contributed by atoms with Gasteiger partial charge in [0.15, 0.2) is 0 Å². The minimum Gasteiger partial charge on any atom is -0.488 e. The molecule has 0 unspecified atom stereocenters. The Kier molecular flexibility index (Phi) is 4.91. The van der Waals surface area contributed by atoms with E-state index in [9.17, 15) is 9.18 Å². The Bertz CT molecular complexity index is 634. The number of carbonyl (C=O) groups is 1. The van der Waals surface area contributed by atoms with Crippen LogP contribution in [0.2, 0.25) is 0 Å². The molecule has 20 heavy (non-hydrogen) atoms. The highest BCUT2D eigenvalue weighted by atomic mass is 127. The van der Waals surface area contributed by atoms with Crippen molar-refractivity contribution in [2.24, 2.45) is 5.84 Å². The van der Waals surface area contributed by atoms with Crippen LogP contribution in [0, 0.1) is 9.39 Å². The van der Waals surface area contributed by atoms with E-state index >= 15 is 0 Å². The molecule has 0 saturated carbocycles. The Labute approximate surface area is 129 Å². The van der Waals surface area contributed by atoms with E-state index in [-0.39, 0.29) is 18.3 Å². The van der Waals surface area contributed by atoms with Gasteiger partial charge in [0, 0.05) is 11.1 Å². The molecular formula is C14H12FIN2O2. The average Bonchev–Trinajstić information content (AvgIpc) is 2.46. The Morgan fingerprint density at radius 3 is 2.70 bits per heavy atom. The van der Waals surface area contributed by atoms with Gasteiger partial charge in [0.25, 0.3) is 5.91 Å². The monoisotopic (exact) mass is 386 g/mol. The number of rotatable bonds is 4. The molecule has 2 rings (SSSR count). The third kappa shape index (κ3) is 3.45. The van der Waals surface area contributed by atoms with Crippen LogP contribution in [0.3, 0.4) is 0 Å². The summed E-state index contributed by atoms with van der Waals surface area (Å²) in [4.78, 5) is 11.4. The third-order valence-electron chi connectivity index (χ3n) is 2.67. The van der Waals surface area contributed by atoms with Crippen LogP contribution in [-0.4, -0.2) is 5.91 Å². The summed E-state index contributed by atoms with van der Waals surface area (Å²) in [5.74, 6) is 4.98. The summed E-state index contributed by atoms with van der Waals surface area (Å²) in [6.45, 7) is 0.130. The van der Waals surface area contributed by atoms with Crippen molar-refractivity contribution < 1.29 is 13.9 Å². The van der Waals surface area contributed by atoms with Crippen molar-refractivity contribution in [3.63, 3.8) is 0 Å². The number of hydrogen-bond acceptors (Lipinski definition) is 3. The summed E-state index contributed by atoms with van der Waals surface area (Å²) >= 11 is 2.05. The van der Waals surface area contributed by atoms with Crippen LogP contribution in [0.1, 0.15) is 15.9 Å². The van der Waals surface area contributed by atoms with Gasteiger partial charge in [-0.25, -0.2) is 10.2 Å². The normalized spacial score (nSPS) is 10.2. The predicted octanol–water partition coefficient (Wildman–Crippen LogP) is 2.61. The van der Waals surface area contributed by atoms with Gasteiger partial charge in [-0.3, -0.25) is 10.2 Å². The van der Waals surface area contributed by atoms with Crippen LogP contribution in [-0.2, 0) is 6.61 Å². The molecule has 0 aliphatic heterocycles. The standard InChI is InChI=1S/C14H12FIN2O2/c15-11-4-2-1-3-10(11)8-20-13-6-5-9(7-12(13)16)14(19)18-17/h1-7H,8,17H2,(H,18,19). The van der Waals surface area contributed by atoms with Crippen LogP contribution in [0.4, 0.5) is 4.39 Å². The van der Waals surface area contributed by atoms with Crippen LogP contribution in [0.25, 0.3) is 0 Å². The van der Waals surface area contributed by atoms with Crippen molar-refractivity contribution in [1.82, 2.24) is 5.43 Å². The lowest BCUT2D eigenvalue weighted by Crippen LogP contribution is -2.29. The summed E-state index contributed by atoms with van der Waals surface area (Å²) < 4.78 is 19.8. The number of hydrogen-bond donors (Lipinski definition) is 2. The van der Waals surface area contributed by atoms with Crippen molar-refractivity contribution in [2.45, 2.75) is 6.61 Å². The molecule has 104 valence electrons. The molecule has 0 aliphatic carbocycles. The van der Waals surface area contributed by atoms with Crippen LogP contribution in [0.15, 0.2) is 42.5 Å². The molecule has 3 N–H and O–H groups in total. The summed E-state index contributed by atoms with van der Waals surface area (Å²) in [5, 5.41) is 0. The highest BCUT2D eigenvalue weighted by molar-refractivity contribution is 14.1. The minimum atomic E-state index is -0.372. The van der Waals surface area contributed by atoms with E-state index in [4.69, 9.17) is 10.6 Å². The lowest BCUT2D eigenvalue weighted by atomic mass is 10.2. The zero-order chi connectivity index (χ0) is 14.5. The topological polar surface area (TPSA) is 64.3 Å². The van der Waals surface area contributed by atoms with E-state index in [1.807, 2.05) is 22.6 Å². The zero-order valence-electron chi connectivity index (χ0n) is 10.4. The highest BCUT2D eigenvalue weighted by Gasteiger charge is 2.09. The number of benzene rings is 2. The number of halogens is 2. The van der Waals surface area contributed by atoms with Crippen molar-refractivity contribution in [3.8, 4) is 5.75 Å². The Morgan fingerprint density at radius 1 is 1.30 bits per heavy atom. The number of nitrogens with two attached hydrogens (primary N) is 1. The fraction of sp³-hybridized carbons (Fsp3) is 0.0714. The quantitative estimate of drug-likeness (QED) is 0.368. The molecule has 4 nitrogen and oxygen atoms in total. The Hall–Kier alpha value is -1.67. The number of amides is 1. The number of nitrogen functional groups attached to an aromatic ring is 1. The first kappa shape index (κ1) is 14.7. The summed E-state index contributed by atoms with van der Waals surface area (Å²) in [6, 6.07) is 11.3. The maximum absolute atomic E-state index is 13.5. The first-order valence-corrected chi connectivity index (χ1v) is 6.86. The number of carbonyl (C=O) groups excluding carboxylic acids is 1. The lowest BCUT2D eigenvalue weighted by molar-refractivity contribution is 0.0953. The van der Waals surface area contributed by atoms with E-state index in [1.54, 1.807) is 36.4 Å². The molecule has 0 heterocycles. The van der Waals surface area contributed by atoms with Gasteiger partial charge in [-0.1, -0.05) is 18.2 Å². The second kappa shape index (κ2) is 6.67.